The largest absolute Gasteiger partial charge is 0.357 e. The zero-order valence-electron chi connectivity index (χ0n) is 9.42. The van der Waals surface area contributed by atoms with Gasteiger partial charge in [0.25, 0.3) is 0 Å². The Labute approximate surface area is 94.2 Å². The summed E-state index contributed by atoms with van der Waals surface area (Å²) < 4.78 is 0. The van der Waals surface area contributed by atoms with Crippen molar-refractivity contribution in [3.63, 3.8) is 0 Å². The Morgan fingerprint density at radius 2 is 2.00 bits per heavy atom. The van der Waals surface area contributed by atoms with Crippen LogP contribution in [0.3, 0.4) is 0 Å². The summed E-state index contributed by atoms with van der Waals surface area (Å²) in [5.74, 6) is 2.58. The first-order valence-corrected chi connectivity index (χ1v) is 7.16. The molecule has 1 aromatic carbocycles. The molecule has 0 spiro atoms. The van der Waals surface area contributed by atoms with E-state index >= 15 is 0 Å². The van der Waals surface area contributed by atoms with E-state index in [9.17, 15) is 0 Å². The second kappa shape index (κ2) is 4.75. The summed E-state index contributed by atoms with van der Waals surface area (Å²) in [5, 5.41) is 1.41. The number of nitrogens with one attached hydrogen (secondary N) is 1. The monoisotopic (exact) mass is 220 g/mol. The van der Waals surface area contributed by atoms with Gasteiger partial charge in [-0.15, -0.1) is 0 Å². The van der Waals surface area contributed by atoms with Crippen LogP contribution in [0.25, 0.3) is 10.9 Å². The standard InChI is InChI=1S/C13H18NS/c1-3-9-15(4-2)13-10-14-12-8-6-5-7-11(12)13/h5-8,10,14H,3-4,9H2,1-2H3/q+1. The normalized spacial score (nSPS) is 13.2. The molecule has 0 saturated heterocycles. The molecule has 15 heavy (non-hydrogen) atoms. The Morgan fingerprint density at radius 3 is 2.73 bits per heavy atom. The van der Waals surface area contributed by atoms with E-state index in [0.717, 1.165) is 0 Å². The highest BCUT2D eigenvalue weighted by Crippen LogP contribution is 2.25. The number of aromatic amines is 1. The van der Waals surface area contributed by atoms with Crippen LogP contribution in [0, 0.1) is 0 Å². The molecule has 80 valence electrons. The number of benzene rings is 1. The summed E-state index contributed by atoms with van der Waals surface area (Å²) in [6, 6.07) is 8.60. The average molecular weight is 220 g/mol. The first-order chi connectivity index (χ1) is 7.36. The van der Waals surface area contributed by atoms with Crippen molar-refractivity contribution in [2.75, 3.05) is 11.5 Å². The second-order valence-corrected chi connectivity index (χ2v) is 6.10. The van der Waals surface area contributed by atoms with Gasteiger partial charge in [-0.2, -0.15) is 0 Å². The molecule has 1 unspecified atom stereocenters. The van der Waals surface area contributed by atoms with Crippen LogP contribution >= 0.6 is 0 Å². The number of fused-ring (bicyclic) bond motifs is 1. The molecule has 0 aliphatic heterocycles. The Kier molecular flexibility index (Phi) is 3.37. The minimum absolute atomic E-state index is 0.430. The van der Waals surface area contributed by atoms with Gasteiger partial charge in [0.15, 0.2) is 4.90 Å². The lowest BCUT2D eigenvalue weighted by Crippen LogP contribution is -2.09. The molecule has 0 bridgehead atoms. The Morgan fingerprint density at radius 1 is 1.20 bits per heavy atom. The molecule has 0 amide bonds. The van der Waals surface area contributed by atoms with E-state index in [-0.39, 0.29) is 0 Å². The van der Waals surface area contributed by atoms with Gasteiger partial charge in [0.2, 0.25) is 0 Å². The smallest absolute Gasteiger partial charge is 0.180 e. The van der Waals surface area contributed by atoms with Gasteiger partial charge in [-0.1, -0.05) is 19.1 Å². The van der Waals surface area contributed by atoms with Gasteiger partial charge < -0.3 is 4.98 Å². The van der Waals surface area contributed by atoms with Crippen molar-refractivity contribution >= 4 is 21.8 Å². The molecule has 1 aromatic heterocycles. The van der Waals surface area contributed by atoms with Gasteiger partial charge in [-0.3, -0.25) is 0 Å². The molecule has 2 aromatic rings. The fourth-order valence-electron chi connectivity index (χ4n) is 1.94. The maximum Gasteiger partial charge on any atom is 0.180 e. The summed E-state index contributed by atoms with van der Waals surface area (Å²) in [4.78, 5) is 4.89. The first kappa shape index (κ1) is 10.6. The molecule has 0 radical (unpaired) electrons. The summed E-state index contributed by atoms with van der Waals surface area (Å²) in [7, 11) is 0.430. The molecule has 0 aliphatic rings. The van der Waals surface area contributed by atoms with Gasteiger partial charge >= 0.3 is 0 Å². The number of hydrogen-bond acceptors (Lipinski definition) is 0. The third-order valence-corrected chi connectivity index (χ3v) is 5.22. The van der Waals surface area contributed by atoms with Gasteiger partial charge in [0.05, 0.1) is 17.1 Å². The number of rotatable bonds is 4. The minimum atomic E-state index is 0.430. The molecule has 1 atom stereocenters. The zero-order valence-corrected chi connectivity index (χ0v) is 10.2. The number of para-hydroxylation sites is 1. The number of hydrogen-bond donors (Lipinski definition) is 1. The van der Waals surface area contributed by atoms with Crippen LogP contribution in [0.15, 0.2) is 35.4 Å². The second-order valence-electron chi connectivity index (χ2n) is 3.68. The van der Waals surface area contributed by atoms with Crippen molar-refractivity contribution in [1.82, 2.24) is 4.98 Å². The summed E-state index contributed by atoms with van der Waals surface area (Å²) in [5.41, 5.74) is 1.27. The Bertz CT molecular complexity index is 433. The van der Waals surface area contributed by atoms with E-state index < -0.39 is 0 Å². The predicted octanol–water partition coefficient (Wildman–Crippen LogP) is 3.58. The fourth-order valence-corrected chi connectivity index (χ4v) is 3.97. The van der Waals surface area contributed by atoms with Crippen molar-refractivity contribution < 1.29 is 0 Å². The molecule has 2 rings (SSSR count). The van der Waals surface area contributed by atoms with Gasteiger partial charge in [0.1, 0.15) is 11.5 Å². The SMILES string of the molecule is CCC[S+](CC)c1c[nH]c2ccccc12. The van der Waals surface area contributed by atoms with Crippen LogP contribution in [0.5, 0.6) is 0 Å². The topological polar surface area (TPSA) is 15.8 Å². The zero-order chi connectivity index (χ0) is 10.7. The lowest BCUT2D eigenvalue weighted by molar-refractivity contribution is 1.09. The summed E-state index contributed by atoms with van der Waals surface area (Å²) in [6.45, 7) is 4.56. The van der Waals surface area contributed by atoms with Crippen molar-refractivity contribution in [2.24, 2.45) is 0 Å². The third-order valence-electron chi connectivity index (χ3n) is 2.66. The molecule has 0 aliphatic carbocycles. The highest BCUT2D eigenvalue weighted by atomic mass is 32.2. The molecular weight excluding hydrogens is 202 g/mol. The maximum atomic E-state index is 3.37. The van der Waals surface area contributed by atoms with Crippen molar-refractivity contribution in [2.45, 2.75) is 25.2 Å². The third kappa shape index (κ3) is 2.05. The lowest BCUT2D eigenvalue weighted by atomic mass is 10.2. The quantitative estimate of drug-likeness (QED) is 0.758. The van der Waals surface area contributed by atoms with Gasteiger partial charge in [0, 0.05) is 10.9 Å². The van der Waals surface area contributed by atoms with Crippen molar-refractivity contribution in [3.8, 4) is 0 Å². The van der Waals surface area contributed by atoms with E-state index in [1.54, 1.807) is 0 Å². The Hall–Kier alpha value is -0.890. The molecular formula is C13H18NS+. The van der Waals surface area contributed by atoms with E-state index in [0.29, 0.717) is 10.9 Å². The molecule has 0 fully saturated rings. The van der Waals surface area contributed by atoms with Crippen LogP contribution in [0.1, 0.15) is 20.3 Å². The van der Waals surface area contributed by atoms with Gasteiger partial charge in [-0.05, 0) is 25.5 Å². The van der Waals surface area contributed by atoms with Crippen LogP contribution < -0.4 is 0 Å². The highest BCUT2D eigenvalue weighted by molar-refractivity contribution is 7.97. The lowest BCUT2D eigenvalue weighted by Gasteiger charge is -2.02. The first-order valence-electron chi connectivity index (χ1n) is 5.60. The van der Waals surface area contributed by atoms with E-state index in [1.807, 2.05) is 0 Å². The van der Waals surface area contributed by atoms with Crippen LogP contribution in [-0.2, 0) is 10.9 Å². The number of H-pyrrole nitrogens is 1. The van der Waals surface area contributed by atoms with Crippen molar-refractivity contribution in [3.05, 3.63) is 30.5 Å². The molecule has 2 heteroatoms. The van der Waals surface area contributed by atoms with Crippen molar-refractivity contribution in [1.29, 1.82) is 0 Å². The Balaban J connectivity index is 2.41. The predicted molar refractivity (Wildman–Crippen MR) is 69.6 cm³/mol. The summed E-state index contributed by atoms with van der Waals surface area (Å²) >= 11 is 0. The highest BCUT2D eigenvalue weighted by Gasteiger charge is 2.21. The molecule has 1 N–H and O–H groups in total. The average Bonchev–Trinajstić information content (AvgIpc) is 2.70. The van der Waals surface area contributed by atoms with Crippen LogP contribution in [0.4, 0.5) is 0 Å². The van der Waals surface area contributed by atoms with Gasteiger partial charge in [-0.25, -0.2) is 0 Å². The molecule has 1 heterocycles. The minimum Gasteiger partial charge on any atom is -0.357 e. The summed E-state index contributed by atoms with van der Waals surface area (Å²) in [6.07, 6.45) is 3.48. The van der Waals surface area contributed by atoms with Crippen LogP contribution in [0.2, 0.25) is 0 Å². The molecule has 0 saturated carbocycles. The van der Waals surface area contributed by atoms with E-state index in [2.05, 4.69) is 49.3 Å². The van der Waals surface area contributed by atoms with Crippen LogP contribution in [-0.4, -0.2) is 16.5 Å². The number of aromatic nitrogens is 1. The fraction of sp³-hybridized carbons (Fsp3) is 0.385. The maximum absolute atomic E-state index is 3.37. The van der Waals surface area contributed by atoms with E-state index in [4.69, 9.17) is 0 Å². The molecule has 1 nitrogen and oxygen atoms in total. The van der Waals surface area contributed by atoms with E-state index in [1.165, 1.54) is 33.7 Å².